The van der Waals surface area contributed by atoms with Gasteiger partial charge >= 0.3 is 0 Å². The molecule has 2 aliphatic heterocycles. The molecular formula is C17H23NO4S. The molecule has 0 saturated carbocycles. The lowest BCUT2D eigenvalue weighted by molar-refractivity contribution is 0.0271. The van der Waals surface area contributed by atoms with Gasteiger partial charge in [-0.2, -0.15) is 0 Å². The molecule has 1 amide bonds. The lowest BCUT2D eigenvalue weighted by atomic mass is 9.83. The summed E-state index contributed by atoms with van der Waals surface area (Å²) in [7, 11) is -3.16. The van der Waals surface area contributed by atoms with E-state index in [1.54, 1.807) is 11.0 Å². The highest BCUT2D eigenvalue weighted by atomic mass is 32.2. The number of nitrogens with zero attached hydrogens (tertiary/aromatic N) is 1. The second-order valence-corrected chi connectivity index (χ2v) is 9.01. The van der Waals surface area contributed by atoms with E-state index in [2.05, 4.69) is 0 Å². The maximum absolute atomic E-state index is 12.6. The van der Waals surface area contributed by atoms with Crippen LogP contribution in [0.3, 0.4) is 0 Å². The molecular weight excluding hydrogens is 314 g/mol. The van der Waals surface area contributed by atoms with Crippen molar-refractivity contribution in [3.8, 4) is 0 Å². The van der Waals surface area contributed by atoms with Crippen LogP contribution in [0.5, 0.6) is 0 Å². The molecule has 1 aromatic rings. The normalized spacial score (nSPS) is 24.6. The molecule has 1 spiro atoms. The monoisotopic (exact) mass is 337 g/mol. The number of amides is 1. The van der Waals surface area contributed by atoms with Crippen molar-refractivity contribution in [2.75, 3.05) is 32.1 Å². The molecule has 0 bridgehead atoms. The minimum Gasteiger partial charge on any atom is -0.381 e. The zero-order valence-electron chi connectivity index (χ0n) is 13.6. The summed E-state index contributed by atoms with van der Waals surface area (Å²) in [6, 6.07) is 7.41. The average molecular weight is 337 g/mol. The number of likely N-dealkylation sites (tertiary alicyclic amines) is 1. The summed E-state index contributed by atoms with van der Waals surface area (Å²) in [6.45, 7) is 5.47. The summed E-state index contributed by atoms with van der Waals surface area (Å²) in [5, 5.41) is 0. The van der Waals surface area contributed by atoms with Crippen molar-refractivity contribution in [2.45, 2.75) is 25.0 Å². The fourth-order valence-electron chi connectivity index (χ4n) is 3.67. The number of ether oxygens (including phenoxy) is 1. The molecule has 1 unspecified atom stereocenters. The van der Waals surface area contributed by atoms with Gasteiger partial charge in [-0.15, -0.1) is 0 Å². The van der Waals surface area contributed by atoms with Gasteiger partial charge in [-0.3, -0.25) is 4.79 Å². The van der Waals surface area contributed by atoms with E-state index in [9.17, 15) is 13.2 Å². The van der Waals surface area contributed by atoms with Crippen LogP contribution < -0.4 is 0 Å². The van der Waals surface area contributed by atoms with Gasteiger partial charge in [0.1, 0.15) is 4.75 Å². The van der Waals surface area contributed by atoms with Crippen molar-refractivity contribution in [1.82, 2.24) is 4.90 Å². The smallest absolute Gasteiger partial charge is 0.253 e. The van der Waals surface area contributed by atoms with Crippen LogP contribution in [-0.4, -0.2) is 56.0 Å². The number of sulfone groups is 1. The molecule has 0 aliphatic carbocycles. The topological polar surface area (TPSA) is 63.7 Å². The van der Waals surface area contributed by atoms with Crippen molar-refractivity contribution in [3.63, 3.8) is 0 Å². The largest absolute Gasteiger partial charge is 0.381 e. The number of hydrogen-bond acceptors (Lipinski definition) is 4. The van der Waals surface area contributed by atoms with Gasteiger partial charge < -0.3 is 9.64 Å². The maximum atomic E-state index is 12.6. The quantitative estimate of drug-likeness (QED) is 0.838. The van der Waals surface area contributed by atoms with Crippen molar-refractivity contribution in [3.05, 3.63) is 35.4 Å². The first-order chi connectivity index (χ1) is 10.9. The minimum absolute atomic E-state index is 0.00555. The van der Waals surface area contributed by atoms with Crippen molar-refractivity contribution >= 4 is 15.7 Å². The Labute approximate surface area is 137 Å². The Morgan fingerprint density at radius 3 is 2.78 bits per heavy atom. The number of carbonyl (C=O) groups is 1. The van der Waals surface area contributed by atoms with E-state index in [0.717, 1.165) is 5.56 Å². The first-order valence-electron chi connectivity index (χ1n) is 8.05. The van der Waals surface area contributed by atoms with E-state index in [1.807, 2.05) is 32.0 Å². The van der Waals surface area contributed by atoms with E-state index in [0.29, 0.717) is 38.3 Å². The summed E-state index contributed by atoms with van der Waals surface area (Å²) in [5.41, 5.74) is 1.64. The predicted octanol–water partition coefficient (Wildman–Crippen LogP) is 1.66. The molecule has 2 aliphatic rings. The van der Waals surface area contributed by atoms with E-state index in [1.165, 1.54) is 0 Å². The summed E-state index contributed by atoms with van der Waals surface area (Å²) in [4.78, 5) is 14.2. The fraction of sp³-hybridized carbons (Fsp3) is 0.588. The SMILES string of the molecule is CCOCC1CCS(=O)(=O)C12CN(C(=O)c1cccc(C)c1)C2. The number of hydrogen-bond donors (Lipinski definition) is 0. The Hall–Kier alpha value is -1.40. The number of benzene rings is 1. The first kappa shape index (κ1) is 16.5. The van der Waals surface area contributed by atoms with Crippen LogP contribution in [0.15, 0.2) is 24.3 Å². The van der Waals surface area contributed by atoms with Crippen LogP contribution >= 0.6 is 0 Å². The van der Waals surface area contributed by atoms with Gasteiger partial charge in [0.15, 0.2) is 9.84 Å². The van der Waals surface area contributed by atoms with Gasteiger partial charge in [-0.05, 0) is 32.4 Å². The predicted molar refractivity (Wildman–Crippen MR) is 88.2 cm³/mol. The third-order valence-electron chi connectivity index (χ3n) is 5.09. The Morgan fingerprint density at radius 1 is 1.39 bits per heavy atom. The van der Waals surface area contributed by atoms with Crippen LogP contribution in [0.2, 0.25) is 0 Å². The zero-order valence-corrected chi connectivity index (χ0v) is 14.4. The van der Waals surface area contributed by atoms with Gasteiger partial charge in [0, 0.05) is 31.2 Å². The highest BCUT2D eigenvalue weighted by Gasteiger charge is 2.62. The molecule has 0 N–H and O–H groups in total. The Kier molecular flexibility index (Phi) is 4.23. The molecule has 3 rings (SSSR count). The molecule has 23 heavy (non-hydrogen) atoms. The molecule has 1 aromatic carbocycles. The lowest BCUT2D eigenvalue weighted by Gasteiger charge is -2.49. The molecule has 6 heteroatoms. The molecule has 2 saturated heterocycles. The Balaban J connectivity index is 1.76. The molecule has 0 radical (unpaired) electrons. The van der Waals surface area contributed by atoms with Gasteiger partial charge in [-0.25, -0.2) is 8.42 Å². The number of aryl methyl sites for hydroxylation is 1. The molecule has 126 valence electrons. The van der Waals surface area contributed by atoms with E-state index >= 15 is 0 Å². The average Bonchev–Trinajstić information content (AvgIpc) is 2.73. The second-order valence-electron chi connectivity index (χ2n) is 6.56. The molecule has 2 fully saturated rings. The lowest BCUT2D eigenvalue weighted by Crippen LogP contribution is -2.68. The van der Waals surface area contributed by atoms with Gasteiger partial charge in [-0.1, -0.05) is 17.7 Å². The van der Waals surface area contributed by atoms with Crippen molar-refractivity contribution in [1.29, 1.82) is 0 Å². The molecule has 1 atom stereocenters. The standard InChI is InChI=1S/C17H23NO4S/c1-3-22-10-15-7-8-23(20,21)17(15)11-18(12-17)16(19)14-6-4-5-13(2)9-14/h4-6,9,15H,3,7-8,10-12H2,1-2H3. The third-order valence-corrected chi connectivity index (χ3v) is 7.69. The highest BCUT2D eigenvalue weighted by Crippen LogP contribution is 2.45. The van der Waals surface area contributed by atoms with E-state index in [4.69, 9.17) is 4.74 Å². The van der Waals surface area contributed by atoms with Crippen LogP contribution in [-0.2, 0) is 14.6 Å². The van der Waals surface area contributed by atoms with Gasteiger partial charge in [0.25, 0.3) is 5.91 Å². The number of rotatable bonds is 4. The Bertz CT molecular complexity index is 707. The van der Waals surface area contributed by atoms with Crippen LogP contribution in [0.25, 0.3) is 0 Å². The first-order valence-corrected chi connectivity index (χ1v) is 9.71. The second kappa shape index (κ2) is 5.91. The summed E-state index contributed by atoms with van der Waals surface area (Å²) < 4.78 is 29.7. The fourth-order valence-corrected chi connectivity index (χ4v) is 6.07. The third kappa shape index (κ3) is 2.68. The summed E-state index contributed by atoms with van der Waals surface area (Å²) in [5.74, 6) is 0.114. The molecule has 0 aromatic heterocycles. The van der Waals surface area contributed by atoms with Crippen molar-refractivity contribution < 1.29 is 17.9 Å². The van der Waals surface area contributed by atoms with Crippen molar-refractivity contribution in [2.24, 2.45) is 5.92 Å². The zero-order chi connectivity index (χ0) is 16.7. The Morgan fingerprint density at radius 2 is 2.13 bits per heavy atom. The van der Waals surface area contributed by atoms with Crippen LogP contribution in [0.1, 0.15) is 29.3 Å². The van der Waals surface area contributed by atoms with Crippen LogP contribution in [0.4, 0.5) is 0 Å². The van der Waals surface area contributed by atoms with Gasteiger partial charge in [0.2, 0.25) is 0 Å². The maximum Gasteiger partial charge on any atom is 0.253 e. The van der Waals surface area contributed by atoms with E-state index in [-0.39, 0.29) is 17.6 Å². The summed E-state index contributed by atoms with van der Waals surface area (Å²) >= 11 is 0. The van der Waals surface area contributed by atoms with Gasteiger partial charge in [0.05, 0.1) is 12.4 Å². The molecule has 2 heterocycles. The highest BCUT2D eigenvalue weighted by molar-refractivity contribution is 7.93. The number of carbonyl (C=O) groups excluding carboxylic acids is 1. The van der Waals surface area contributed by atoms with Crippen LogP contribution in [0, 0.1) is 12.8 Å². The molecule has 5 nitrogen and oxygen atoms in total. The van der Waals surface area contributed by atoms with E-state index < -0.39 is 14.6 Å². The minimum atomic E-state index is -3.16. The summed E-state index contributed by atoms with van der Waals surface area (Å²) in [6.07, 6.45) is 0.634.